The summed E-state index contributed by atoms with van der Waals surface area (Å²) in [6.07, 6.45) is 8.32. The number of anilines is 1. The molecular formula is C31H33N2O12S4+. The normalized spacial score (nSPS) is 18.4. The van der Waals surface area contributed by atoms with Crippen LogP contribution in [0.1, 0.15) is 38.8 Å². The first-order chi connectivity index (χ1) is 22.6. The lowest BCUT2D eigenvalue weighted by molar-refractivity contribution is -0.432. The van der Waals surface area contributed by atoms with Crippen molar-refractivity contribution in [1.82, 2.24) is 0 Å². The van der Waals surface area contributed by atoms with Gasteiger partial charge in [0.05, 0.1) is 22.4 Å². The fourth-order valence-corrected chi connectivity index (χ4v) is 8.58. The van der Waals surface area contributed by atoms with Crippen molar-refractivity contribution >= 4 is 70.3 Å². The summed E-state index contributed by atoms with van der Waals surface area (Å²) in [4.78, 5) is 1.72. The Morgan fingerprint density at radius 2 is 1.57 bits per heavy atom. The Kier molecular flexibility index (Phi) is 9.80. The molecule has 5 rings (SSSR count). The van der Waals surface area contributed by atoms with Crippen LogP contribution in [0.25, 0.3) is 10.8 Å². The minimum absolute atomic E-state index is 0.290. The minimum atomic E-state index is -4.50. The van der Waals surface area contributed by atoms with Crippen molar-refractivity contribution in [3.8, 4) is 0 Å². The highest BCUT2D eigenvalue weighted by atomic mass is 32.2. The van der Waals surface area contributed by atoms with E-state index in [2.05, 4.69) is 9.37 Å². The van der Waals surface area contributed by atoms with Gasteiger partial charge in [0.25, 0.3) is 26.1 Å². The molecule has 0 spiro atoms. The molecule has 0 aromatic heterocycles. The summed E-state index contributed by atoms with van der Waals surface area (Å²) in [6.45, 7) is 7.45. The van der Waals surface area contributed by atoms with Gasteiger partial charge in [-0.25, -0.2) is 5.26 Å². The lowest BCUT2D eigenvalue weighted by atomic mass is 9.81. The van der Waals surface area contributed by atoms with E-state index in [1.54, 1.807) is 60.7 Å². The Hall–Kier alpha value is -3.43. The molecule has 0 saturated heterocycles. The van der Waals surface area contributed by atoms with Crippen molar-refractivity contribution in [2.75, 3.05) is 16.7 Å². The number of nitrogens with zero attached hydrogens (tertiary/aromatic N) is 2. The maximum Gasteiger partial charge on any atom is 0.326 e. The van der Waals surface area contributed by atoms with Gasteiger partial charge in [-0.1, -0.05) is 49.2 Å². The maximum absolute atomic E-state index is 12.1. The Morgan fingerprint density at radius 3 is 2.20 bits per heavy atom. The third kappa shape index (κ3) is 7.53. The van der Waals surface area contributed by atoms with Crippen LogP contribution in [-0.4, -0.2) is 66.2 Å². The highest BCUT2D eigenvalue weighted by Crippen LogP contribution is 2.51. The van der Waals surface area contributed by atoms with Crippen LogP contribution in [0, 0.1) is 0 Å². The molecule has 4 N–H and O–H groups in total. The van der Waals surface area contributed by atoms with Crippen LogP contribution in [0.3, 0.4) is 0 Å². The molecule has 0 aliphatic carbocycles. The number of allylic oxidation sites excluding steroid dienone is 6. The van der Waals surface area contributed by atoms with E-state index >= 15 is 0 Å². The minimum Gasteiger partial charge on any atom is -0.327 e. The van der Waals surface area contributed by atoms with Crippen LogP contribution in [0.4, 0.5) is 11.4 Å². The van der Waals surface area contributed by atoms with Gasteiger partial charge in [0, 0.05) is 39.4 Å². The first-order valence-corrected chi connectivity index (χ1v) is 19.8. The summed E-state index contributed by atoms with van der Waals surface area (Å²) >= 11 is 0.745. The van der Waals surface area contributed by atoms with Crippen LogP contribution in [0.5, 0.6) is 0 Å². The molecular weight excluding hydrogens is 721 g/mol. The summed E-state index contributed by atoms with van der Waals surface area (Å²) in [5.74, 6) is -1.46. The molecule has 18 heteroatoms. The summed E-state index contributed by atoms with van der Waals surface area (Å²) in [5, 5.41) is 13.3. The van der Waals surface area contributed by atoms with Gasteiger partial charge in [-0.15, -0.1) is 4.33 Å². The average molecular weight is 754 g/mol. The summed E-state index contributed by atoms with van der Waals surface area (Å²) in [5.41, 5.74) is 1.86. The first-order valence-electron chi connectivity index (χ1n) is 14.4. The third-order valence-corrected chi connectivity index (χ3v) is 11.0. The highest BCUT2D eigenvalue weighted by Gasteiger charge is 2.46. The standard InChI is InChI=1S/C31H32N2O12S4/c1-30(2)24-17-21(46-45-44-34)11-15-25(24)32(18-47(35,36)37)27(30)8-6-5-7-9-28-31(3,4)29-23-13-12-22(49(41,42)43)16-20(23)10-14-26(29)33(28)19-48(38,39)40/h5-17H,18-19H2,1-4H3,(H3-,34,35,36,37,38,39,40,41,42,43)/p+1. The van der Waals surface area contributed by atoms with Gasteiger partial charge >= 0.3 is 10.1 Å². The Labute approximate surface area is 288 Å². The quantitative estimate of drug-likeness (QED) is 0.0485. The monoisotopic (exact) mass is 753 g/mol. The molecule has 0 saturated carbocycles. The predicted molar refractivity (Wildman–Crippen MR) is 184 cm³/mol. The molecule has 0 radical (unpaired) electrons. The SMILES string of the molecule is CC1(C)C(C=CC=CC=C2N(CS(=O)(=O)O)c3ccc4cc(S(=O)(=O)O)ccc4c3C2(C)C)=[N+](CS(=O)(=O)O)c2ccc(SOOO)cc21. The second-order valence-electron chi connectivity index (χ2n) is 12.4. The van der Waals surface area contributed by atoms with Crippen molar-refractivity contribution in [3.63, 3.8) is 0 Å². The van der Waals surface area contributed by atoms with Gasteiger partial charge in [0.2, 0.25) is 5.69 Å². The van der Waals surface area contributed by atoms with E-state index in [0.717, 1.165) is 17.6 Å². The van der Waals surface area contributed by atoms with Gasteiger partial charge in [-0.3, -0.25) is 13.7 Å². The Balaban J connectivity index is 1.54. The largest absolute Gasteiger partial charge is 0.327 e. The van der Waals surface area contributed by atoms with Crippen LogP contribution in [-0.2, 0) is 50.6 Å². The maximum atomic E-state index is 12.1. The molecule has 2 aliphatic rings. The Bertz CT molecular complexity index is 2310. The van der Waals surface area contributed by atoms with Crippen LogP contribution in [0.15, 0.2) is 94.4 Å². The second-order valence-corrected chi connectivity index (χ2v) is 17.5. The molecule has 3 aromatic rings. The number of benzene rings is 3. The van der Waals surface area contributed by atoms with Crippen molar-refractivity contribution in [1.29, 1.82) is 0 Å². The fourth-order valence-electron chi connectivity index (χ4n) is 6.46. The number of fused-ring (bicyclic) bond motifs is 4. The van der Waals surface area contributed by atoms with E-state index in [1.165, 1.54) is 27.7 Å². The molecule has 0 bridgehead atoms. The zero-order valence-electron chi connectivity index (χ0n) is 26.5. The third-order valence-electron chi connectivity index (χ3n) is 8.45. The van der Waals surface area contributed by atoms with Crippen LogP contribution in [0.2, 0.25) is 0 Å². The van der Waals surface area contributed by atoms with Crippen molar-refractivity contribution in [2.24, 2.45) is 0 Å². The lowest BCUT2D eigenvalue weighted by Gasteiger charge is -2.26. The van der Waals surface area contributed by atoms with Crippen molar-refractivity contribution in [2.45, 2.75) is 48.3 Å². The Morgan fingerprint density at radius 1 is 0.857 bits per heavy atom. The second kappa shape index (κ2) is 13.0. The summed E-state index contributed by atoms with van der Waals surface area (Å²) in [7, 11) is -13.4. The van der Waals surface area contributed by atoms with Crippen LogP contribution < -0.4 is 4.90 Å². The lowest BCUT2D eigenvalue weighted by Crippen LogP contribution is -2.30. The van der Waals surface area contributed by atoms with E-state index in [1.807, 2.05) is 27.7 Å². The first kappa shape index (κ1) is 36.8. The van der Waals surface area contributed by atoms with Gasteiger partial charge in [0.1, 0.15) is 0 Å². The average Bonchev–Trinajstić information content (AvgIpc) is 3.31. The molecule has 3 aromatic carbocycles. The van der Waals surface area contributed by atoms with Crippen LogP contribution >= 0.6 is 12.0 Å². The van der Waals surface area contributed by atoms with E-state index in [-0.39, 0.29) is 4.90 Å². The molecule has 0 atom stereocenters. The van der Waals surface area contributed by atoms with Gasteiger partial charge in [-0.2, -0.15) is 29.8 Å². The molecule has 2 aliphatic heterocycles. The number of hydrogen-bond donors (Lipinski definition) is 4. The predicted octanol–water partition coefficient (Wildman–Crippen LogP) is 5.38. The van der Waals surface area contributed by atoms with E-state index in [4.69, 9.17) is 5.26 Å². The summed E-state index contributed by atoms with van der Waals surface area (Å²) in [6, 6.07) is 12.4. The molecule has 0 fully saturated rings. The number of rotatable bonds is 11. The topological polar surface area (TPSA) is 208 Å². The summed E-state index contributed by atoms with van der Waals surface area (Å²) < 4.78 is 107. The van der Waals surface area contributed by atoms with Gasteiger partial charge in [0.15, 0.2) is 11.6 Å². The smallest absolute Gasteiger partial charge is 0.326 e. The van der Waals surface area contributed by atoms with E-state index in [9.17, 15) is 38.9 Å². The molecule has 0 unspecified atom stereocenters. The van der Waals surface area contributed by atoms with Gasteiger partial charge in [-0.05, 0) is 66.6 Å². The highest BCUT2D eigenvalue weighted by molar-refractivity contribution is 7.94. The zero-order valence-corrected chi connectivity index (χ0v) is 29.8. The van der Waals surface area contributed by atoms with Crippen molar-refractivity contribution < 1.29 is 58.1 Å². The molecule has 0 amide bonds. The molecule has 49 heavy (non-hydrogen) atoms. The fraction of sp³-hybridized carbons (Fsp3) is 0.258. The van der Waals surface area contributed by atoms with Crippen molar-refractivity contribution in [3.05, 3.63) is 95.7 Å². The van der Waals surface area contributed by atoms with E-state index in [0.29, 0.717) is 44.0 Å². The molecule has 2 heterocycles. The molecule has 14 nitrogen and oxygen atoms in total. The number of hydrogen-bond acceptors (Lipinski definition) is 11. The van der Waals surface area contributed by atoms with Gasteiger partial charge < -0.3 is 4.90 Å². The zero-order chi connectivity index (χ0) is 36.2. The van der Waals surface area contributed by atoms with E-state index < -0.39 is 52.9 Å². The molecule has 262 valence electrons.